The minimum absolute atomic E-state index is 0.0548. The van der Waals surface area contributed by atoms with Gasteiger partial charge in [-0.3, -0.25) is 4.79 Å². The van der Waals surface area contributed by atoms with Crippen molar-refractivity contribution < 1.29 is 23.0 Å². The molecule has 1 amide bonds. The summed E-state index contributed by atoms with van der Waals surface area (Å²) in [7, 11) is 0. The first-order valence-electron chi connectivity index (χ1n) is 7.28. The van der Waals surface area contributed by atoms with E-state index < -0.39 is 12.7 Å². The minimum Gasteiger partial charge on any atom is -0.479 e. The molecule has 8 heteroatoms. The molecule has 0 aliphatic heterocycles. The van der Waals surface area contributed by atoms with E-state index in [1.54, 1.807) is 31.2 Å². The van der Waals surface area contributed by atoms with Crippen LogP contribution in [0.5, 0.6) is 11.5 Å². The van der Waals surface area contributed by atoms with Crippen molar-refractivity contribution in [1.29, 1.82) is 0 Å². The molecule has 4 nitrogen and oxygen atoms in total. The predicted molar refractivity (Wildman–Crippen MR) is 91.5 cm³/mol. The lowest BCUT2D eigenvalue weighted by Gasteiger charge is -2.16. The number of benzene rings is 2. The molecule has 2 aromatic carbocycles. The number of ether oxygens (including phenoxy) is 2. The smallest absolute Gasteiger partial charge is 0.387 e. The molecule has 0 saturated carbocycles. The molecule has 0 heterocycles. The van der Waals surface area contributed by atoms with Gasteiger partial charge in [0.1, 0.15) is 11.5 Å². The van der Waals surface area contributed by atoms with E-state index in [9.17, 15) is 13.6 Å². The number of carbonyl (C=O) groups excluding carboxylic acids is 1. The van der Waals surface area contributed by atoms with Crippen LogP contribution in [0.15, 0.2) is 42.5 Å². The Bertz CT molecular complexity index is 726. The molecule has 2 rings (SSSR count). The second-order valence-corrected chi connectivity index (χ2v) is 5.92. The molecular formula is C17H15Cl2F2NO3. The van der Waals surface area contributed by atoms with Gasteiger partial charge < -0.3 is 14.8 Å². The van der Waals surface area contributed by atoms with Crippen LogP contribution in [0, 0.1) is 0 Å². The van der Waals surface area contributed by atoms with Crippen LogP contribution in [0.3, 0.4) is 0 Å². The number of nitrogens with one attached hydrogen (secondary N) is 1. The lowest BCUT2D eigenvalue weighted by molar-refractivity contribution is -0.127. The van der Waals surface area contributed by atoms with Crippen LogP contribution >= 0.6 is 23.2 Å². The van der Waals surface area contributed by atoms with Gasteiger partial charge in [-0.2, -0.15) is 8.78 Å². The Morgan fingerprint density at radius 1 is 1.12 bits per heavy atom. The summed E-state index contributed by atoms with van der Waals surface area (Å²) >= 11 is 11.8. The average molecular weight is 390 g/mol. The number of halogens is 4. The summed E-state index contributed by atoms with van der Waals surface area (Å²) in [4.78, 5) is 12.1. The highest BCUT2D eigenvalue weighted by Gasteiger charge is 2.16. The van der Waals surface area contributed by atoms with Crippen LogP contribution in [-0.4, -0.2) is 18.6 Å². The molecule has 0 spiro atoms. The third kappa shape index (κ3) is 6.07. The topological polar surface area (TPSA) is 47.6 Å². The van der Waals surface area contributed by atoms with Crippen molar-refractivity contribution >= 4 is 29.1 Å². The predicted octanol–water partition coefficient (Wildman–Crippen LogP) is 4.68. The molecule has 0 aliphatic carbocycles. The highest BCUT2D eigenvalue weighted by Crippen LogP contribution is 2.28. The number of alkyl halides is 2. The Hall–Kier alpha value is -2.05. The number of carbonyl (C=O) groups is 1. The van der Waals surface area contributed by atoms with Crippen molar-refractivity contribution in [3.63, 3.8) is 0 Å². The van der Waals surface area contributed by atoms with Crippen molar-refractivity contribution in [1.82, 2.24) is 5.32 Å². The first kappa shape index (κ1) is 19.3. The third-order valence-electron chi connectivity index (χ3n) is 3.18. The molecule has 1 unspecified atom stereocenters. The average Bonchev–Trinajstić information content (AvgIpc) is 2.56. The monoisotopic (exact) mass is 389 g/mol. The molecule has 1 N–H and O–H groups in total. The number of amides is 1. The van der Waals surface area contributed by atoms with Crippen LogP contribution in [-0.2, 0) is 11.3 Å². The SMILES string of the molecule is CC(Oc1ccc(Cl)cc1Cl)C(=O)NCc1ccc(OC(F)F)cc1. The van der Waals surface area contributed by atoms with Gasteiger partial charge in [0.15, 0.2) is 6.10 Å². The van der Waals surface area contributed by atoms with Crippen LogP contribution in [0.2, 0.25) is 10.0 Å². The van der Waals surface area contributed by atoms with E-state index in [2.05, 4.69) is 10.1 Å². The molecular weight excluding hydrogens is 375 g/mol. The molecule has 0 radical (unpaired) electrons. The summed E-state index contributed by atoms with van der Waals surface area (Å²) in [6.45, 7) is -1.07. The Morgan fingerprint density at radius 3 is 2.40 bits per heavy atom. The highest BCUT2D eigenvalue weighted by molar-refractivity contribution is 6.35. The summed E-state index contributed by atoms with van der Waals surface area (Å²) in [5.74, 6) is 0.0558. The summed E-state index contributed by atoms with van der Waals surface area (Å²) < 4.78 is 33.9. The largest absolute Gasteiger partial charge is 0.479 e. The van der Waals surface area contributed by atoms with E-state index in [1.165, 1.54) is 18.2 Å². The zero-order chi connectivity index (χ0) is 18.4. The number of hydrogen-bond donors (Lipinski definition) is 1. The first-order valence-corrected chi connectivity index (χ1v) is 8.04. The molecule has 0 fully saturated rings. The second-order valence-electron chi connectivity index (χ2n) is 5.08. The maximum Gasteiger partial charge on any atom is 0.387 e. The molecule has 0 aliphatic rings. The summed E-state index contributed by atoms with van der Waals surface area (Å²) in [6, 6.07) is 10.7. The van der Waals surface area contributed by atoms with Crippen LogP contribution in [0.4, 0.5) is 8.78 Å². The van der Waals surface area contributed by atoms with Crippen molar-refractivity contribution in [2.24, 2.45) is 0 Å². The minimum atomic E-state index is -2.87. The maximum atomic E-state index is 12.1. The fourth-order valence-corrected chi connectivity index (χ4v) is 2.39. The van der Waals surface area contributed by atoms with Crippen LogP contribution in [0.25, 0.3) is 0 Å². The first-order chi connectivity index (χ1) is 11.8. The van der Waals surface area contributed by atoms with Gasteiger partial charge in [-0.15, -0.1) is 0 Å². The lowest BCUT2D eigenvalue weighted by atomic mass is 10.2. The lowest BCUT2D eigenvalue weighted by Crippen LogP contribution is -2.35. The maximum absolute atomic E-state index is 12.1. The fraction of sp³-hybridized carbons (Fsp3) is 0.235. The number of rotatable bonds is 7. The third-order valence-corrected chi connectivity index (χ3v) is 3.71. The standard InChI is InChI=1S/C17H15Cl2F2NO3/c1-10(24-15-7-4-12(18)8-14(15)19)16(23)22-9-11-2-5-13(6-3-11)25-17(20)21/h2-8,10,17H,9H2,1H3,(H,22,23). The molecule has 2 aromatic rings. The quantitative estimate of drug-likeness (QED) is 0.747. The van der Waals surface area contributed by atoms with Crippen molar-refractivity contribution in [3.8, 4) is 11.5 Å². The van der Waals surface area contributed by atoms with E-state index >= 15 is 0 Å². The molecule has 0 bridgehead atoms. The van der Waals surface area contributed by atoms with E-state index in [0.717, 1.165) is 5.56 Å². The molecule has 1 atom stereocenters. The Labute approximate surface area is 153 Å². The van der Waals surface area contributed by atoms with Crippen LogP contribution < -0.4 is 14.8 Å². The van der Waals surface area contributed by atoms with E-state index in [-0.39, 0.29) is 18.2 Å². The van der Waals surface area contributed by atoms with Gasteiger partial charge in [0.05, 0.1) is 5.02 Å². The van der Waals surface area contributed by atoms with Crippen molar-refractivity contribution in [3.05, 3.63) is 58.1 Å². The van der Waals surface area contributed by atoms with Gasteiger partial charge in [0.25, 0.3) is 5.91 Å². The summed E-state index contributed by atoms with van der Waals surface area (Å²) in [5.41, 5.74) is 0.728. The normalized spacial score (nSPS) is 11.9. The van der Waals surface area contributed by atoms with E-state index in [1.807, 2.05) is 0 Å². The Balaban J connectivity index is 1.86. The number of hydrogen-bond acceptors (Lipinski definition) is 3. The van der Waals surface area contributed by atoms with Gasteiger partial charge in [-0.05, 0) is 42.8 Å². The zero-order valence-electron chi connectivity index (χ0n) is 13.1. The summed E-state index contributed by atoms with van der Waals surface area (Å²) in [6.07, 6.45) is -0.778. The fourth-order valence-electron chi connectivity index (χ4n) is 1.94. The molecule has 0 aromatic heterocycles. The van der Waals surface area contributed by atoms with Crippen LogP contribution in [0.1, 0.15) is 12.5 Å². The molecule has 134 valence electrons. The van der Waals surface area contributed by atoms with Gasteiger partial charge in [-0.1, -0.05) is 35.3 Å². The second kappa shape index (κ2) is 8.87. The van der Waals surface area contributed by atoms with Gasteiger partial charge in [-0.25, -0.2) is 0 Å². The van der Waals surface area contributed by atoms with Gasteiger partial charge in [0, 0.05) is 11.6 Å². The molecule has 0 saturated heterocycles. The zero-order valence-corrected chi connectivity index (χ0v) is 14.7. The van der Waals surface area contributed by atoms with Gasteiger partial charge in [0.2, 0.25) is 0 Å². The highest BCUT2D eigenvalue weighted by atomic mass is 35.5. The van der Waals surface area contributed by atoms with Gasteiger partial charge >= 0.3 is 6.61 Å². The molecule has 25 heavy (non-hydrogen) atoms. The van der Waals surface area contributed by atoms with Crippen molar-refractivity contribution in [2.45, 2.75) is 26.2 Å². The Morgan fingerprint density at radius 2 is 1.80 bits per heavy atom. The Kier molecular flexibility index (Phi) is 6.84. The van der Waals surface area contributed by atoms with E-state index in [4.69, 9.17) is 27.9 Å². The van der Waals surface area contributed by atoms with Crippen molar-refractivity contribution in [2.75, 3.05) is 0 Å². The van der Waals surface area contributed by atoms with E-state index in [0.29, 0.717) is 15.8 Å². The summed E-state index contributed by atoms with van der Waals surface area (Å²) in [5, 5.41) is 3.46.